The number of nitrogens with one attached hydrogen (secondary N) is 1. The molecule has 0 aromatic carbocycles. The van der Waals surface area contributed by atoms with Crippen LogP contribution in [0.15, 0.2) is 18.5 Å². The zero-order valence-corrected chi connectivity index (χ0v) is 8.78. The zero-order chi connectivity index (χ0) is 10.8. The average Bonchev–Trinajstić information content (AvgIpc) is 3.05. The first-order chi connectivity index (χ1) is 7.24. The number of aromatic nitrogens is 1. The van der Waals surface area contributed by atoms with Crippen LogP contribution < -0.4 is 11.3 Å². The molecule has 0 aliphatic heterocycles. The molecule has 2 rings (SSSR count). The fourth-order valence-corrected chi connectivity index (χ4v) is 2.06. The van der Waals surface area contributed by atoms with Gasteiger partial charge < -0.3 is 0 Å². The molecule has 3 nitrogen and oxygen atoms in total. The van der Waals surface area contributed by atoms with Gasteiger partial charge in [-0.05, 0) is 30.7 Å². The summed E-state index contributed by atoms with van der Waals surface area (Å²) >= 11 is 0. The summed E-state index contributed by atoms with van der Waals surface area (Å²) < 4.78 is 13.5. The van der Waals surface area contributed by atoms with Gasteiger partial charge in [-0.2, -0.15) is 0 Å². The van der Waals surface area contributed by atoms with E-state index in [-0.39, 0.29) is 11.9 Å². The van der Waals surface area contributed by atoms with E-state index < -0.39 is 0 Å². The minimum atomic E-state index is -0.284. The Hall–Kier alpha value is -1.00. The molecule has 0 spiro atoms. The number of halogens is 1. The molecule has 82 valence electrons. The van der Waals surface area contributed by atoms with Crippen molar-refractivity contribution in [1.82, 2.24) is 10.4 Å². The Morgan fingerprint density at radius 1 is 1.60 bits per heavy atom. The first-order valence-corrected chi connectivity index (χ1v) is 5.29. The summed E-state index contributed by atoms with van der Waals surface area (Å²) in [5.41, 5.74) is 3.33. The largest absolute Gasteiger partial charge is 0.271 e. The number of hydrogen-bond donors (Lipinski definition) is 2. The number of hydrazine groups is 1. The molecule has 3 N–H and O–H groups in total. The highest BCUT2D eigenvalue weighted by Gasteiger charge is 2.34. The third kappa shape index (κ3) is 2.16. The third-order valence-corrected chi connectivity index (χ3v) is 3.21. The van der Waals surface area contributed by atoms with E-state index >= 15 is 0 Å². The zero-order valence-electron chi connectivity index (χ0n) is 8.78. The average molecular weight is 209 g/mol. The molecular weight excluding hydrogens is 193 g/mol. The normalized spacial score (nSPS) is 19.9. The van der Waals surface area contributed by atoms with E-state index in [4.69, 9.17) is 5.84 Å². The molecule has 1 aromatic heterocycles. The standard InChI is InChI=1S/C11H16FN3/c1-7(8-2-3-8)11(15-13)9-4-5-14-6-10(9)12/h4-8,11,15H,2-3,13H2,1H3. The molecule has 2 atom stereocenters. The van der Waals surface area contributed by atoms with Gasteiger partial charge in [0.1, 0.15) is 5.82 Å². The second-order valence-corrected chi connectivity index (χ2v) is 4.24. The number of pyridine rings is 1. The number of rotatable bonds is 4. The Kier molecular flexibility index (Phi) is 2.98. The van der Waals surface area contributed by atoms with Crippen molar-refractivity contribution in [2.24, 2.45) is 17.7 Å². The predicted molar refractivity (Wildman–Crippen MR) is 56.1 cm³/mol. The molecule has 4 heteroatoms. The van der Waals surface area contributed by atoms with Crippen LogP contribution in [-0.4, -0.2) is 4.98 Å². The summed E-state index contributed by atoms with van der Waals surface area (Å²) in [5, 5.41) is 0. The van der Waals surface area contributed by atoms with Crippen molar-refractivity contribution in [2.75, 3.05) is 0 Å². The SMILES string of the molecule is CC(C1CC1)C(NN)c1ccncc1F. The van der Waals surface area contributed by atoms with E-state index in [1.54, 1.807) is 12.3 Å². The minimum absolute atomic E-state index is 0.111. The number of nitrogens with zero attached hydrogens (tertiary/aromatic N) is 1. The Bertz CT molecular complexity index is 338. The topological polar surface area (TPSA) is 50.9 Å². The maximum Gasteiger partial charge on any atom is 0.146 e. The van der Waals surface area contributed by atoms with Crippen molar-refractivity contribution in [3.63, 3.8) is 0 Å². The van der Waals surface area contributed by atoms with E-state index in [2.05, 4.69) is 17.3 Å². The predicted octanol–water partition coefficient (Wildman–Crippen LogP) is 1.77. The summed E-state index contributed by atoms with van der Waals surface area (Å²) in [6.45, 7) is 2.11. The van der Waals surface area contributed by atoms with E-state index in [1.807, 2.05) is 0 Å². The monoisotopic (exact) mass is 209 g/mol. The lowest BCUT2D eigenvalue weighted by atomic mass is 9.91. The minimum Gasteiger partial charge on any atom is -0.271 e. The van der Waals surface area contributed by atoms with Gasteiger partial charge >= 0.3 is 0 Å². The van der Waals surface area contributed by atoms with Crippen LogP contribution in [0.3, 0.4) is 0 Å². The Morgan fingerprint density at radius 2 is 2.33 bits per heavy atom. The Morgan fingerprint density at radius 3 is 2.87 bits per heavy atom. The van der Waals surface area contributed by atoms with Crippen LogP contribution in [-0.2, 0) is 0 Å². The van der Waals surface area contributed by atoms with Crippen molar-refractivity contribution in [3.05, 3.63) is 29.8 Å². The van der Waals surface area contributed by atoms with Crippen LogP contribution in [0.1, 0.15) is 31.4 Å². The third-order valence-electron chi connectivity index (χ3n) is 3.21. The lowest BCUT2D eigenvalue weighted by Crippen LogP contribution is -2.34. The van der Waals surface area contributed by atoms with Crippen LogP contribution in [0.25, 0.3) is 0 Å². The second kappa shape index (κ2) is 4.24. The lowest BCUT2D eigenvalue weighted by Gasteiger charge is -2.23. The van der Waals surface area contributed by atoms with Gasteiger partial charge in [-0.3, -0.25) is 16.3 Å². The Balaban J connectivity index is 2.21. The molecule has 1 aliphatic rings. The smallest absolute Gasteiger partial charge is 0.146 e. The number of hydrogen-bond acceptors (Lipinski definition) is 3. The van der Waals surface area contributed by atoms with Gasteiger partial charge in [0.25, 0.3) is 0 Å². The molecule has 15 heavy (non-hydrogen) atoms. The number of nitrogens with two attached hydrogens (primary N) is 1. The van der Waals surface area contributed by atoms with Crippen molar-refractivity contribution < 1.29 is 4.39 Å². The van der Waals surface area contributed by atoms with Gasteiger partial charge in [0.15, 0.2) is 0 Å². The highest BCUT2D eigenvalue weighted by molar-refractivity contribution is 5.18. The highest BCUT2D eigenvalue weighted by atomic mass is 19.1. The van der Waals surface area contributed by atoms with Gasteiger partial charge in [0.05, 0.1) is 12.2 Å². The summed E-state index contributed by atoms with van der Waals surface area (Å²) in [6.07, 6.45) is 5.29. The summed E-state index contributed by atoms with van der Waals surface area (Å²) in [5.74, 6) is 6.27. The first-order valence-electron chi connectivity index (χ1n) is 5.29. The van der Waals surface area contributed by atoms with Crippen molar-refractivity contribution >= 4 is 0 Å². The van der Waals surface area contributed by atoms with Crippen molar-refractivity contribution in [1.29, 1.82) is 0 Å². The van der Waals surface area contributed by atoms with Crippen LogP contribution in [0.5, 0.6) is 0 Å². The molecule has 1 fully saturated rings. The van der Waals surface area contributed by atoms with Gasteiger partial charge in [0.2, 0.25) is 0 Å². The van der Waals surface area contributed by atoms with Crippen molar-refractivity contribution in [3.8, 4) is 0 Å². The van der Waals surface area contributed by atoms with Crippen LogP contribution in [0, 0.1) is 17.7 Å². The fourth-order valence-electron chi connectivity index (χ4n) is 2.06. The van der Waals surface area contributed by atoms with E-state index in [1.165, 1.54) is 19.0 Å². The van der Waals surface area contributed by atoms with Gasteiger partial charge in [-0.25, -0.2) is 4.39 Å². The molecular formula is C11H16FN3. The van der Waals surface area contributed by atoms with Gasteiger partial charge in [0, 0.05) is 11.8 Å². The van der Waals surface area contributed by atoms with Crippen molar-refractivity contribution in [2.45, 2.75) is 25.8 Å². The quantitative estimate of drug-likeness (QED) is 0.587. The summed E-state index contributed by atoms with van der Waals surface area (Å²) in [4.78, 5) is 3.74. The van der Waals surface area contributed by atoms with Crippen LogP contribution >= 0.6 is 0 Å². The van der Waals surface area contributed by atoms with Gasteiger partial charge in [-0.1, -0.05) is 6.92 Å². The molecule has 1 aliphatic carbocycles. The van der Waals surface area contributed by atoms with Gasteiger partial charge in [-0.15, -0.1) is 0 Å². The lowest BCUT2D eigenvalue weighted by molar-refractivity contribution is 0.344. The molecule has 0 radical (unpaired) electrons. The molecule has 1 aromatic rings. The van der Waals surface area contributed by atoms with E-state index in [9.17, 15) is 4.39 Å². The second-order valence-electron chi connectivity index (χ2n) is 4.24. The summed E-state index contributed by atoms with van der Waals surface area (Å²) in [6, 6.07) is 1.58. The molecule has 0 amide bonds. The highest BCUT2D eigenvalue weighted by Crippen LogP contribution is 2.42. The van der Waals surface area contributed by atoms with Crippen LogP contribution in [0.2, 0.25) is 0 Å². The molecule has 1 heterocycles. The van der Waals surface area contributed by atoms with E-state index in [0.29, 0.717) is 17.4 Å². The van der Waals surface area contributed by atoms with E-state index in [0.717, 1.165) is 0 Å². The molecule has 1 saturated carbocycles. The van der Waals surface area contributed by atoms with Crippen LogP contribution in [0.4, 0.5) is 4.39 Å². The molecule has 0 bridgehead atoms. The molecule has 2 unspecified atom stereocenters. The summed E-state index contributed by atoms with van der Waals surface area (Å²) in [7, 11) is 0. The maximum atomic E-state index is 13.5. The maximum absolute atomic E-state index is 13.5. The fraction of sp³-hybridized carbons (Fsp3) is 0.545. The first kappa shape index (κ1) is 10.5. The molecule has 0 saturated heterocycles. The Labute approximate surface area is 88.9 Å².